The van der Waals surface area contributed by atoms with E-state index in [1.54, 1.807) is 7.11 Å². The van der Waals surface area contributed by atoms with E-state index in [1.165, 1.54) is 10.4 Å². The Balaban J connectivity index is 2.06. The van der Waals surface area contributed by atoms with Crippen molar-refractivity contribution >= 4 is 18.7 Å². The number of hydrogen-bond acceptors (Lipinski definition) is 4. The van der Waals surface area contributed by atoms with Gasteiger partial charge >= 0.3 is 0 Å². The Labute approximate surface area is 187 Å². The van der Waals surface area contributed by atoms with Gasteiger partial charge in [-0.05, 0) is 21.8 Å². The van der Waals surface area contributed by atoms with Gasteiger partial charge in [-0.3, -0.25) is 0 Å². The summed E-state index contributed by atoms with van der Waals surface area (Å²) in [6, 6.07) is 21.0. The van der Waals surface area contributed by atoms with Gasteiger partial charge in [0, 0.05) is 13.5 Å². The normalized spacial score (nSPS) is 24.1. The van der Waals surface area contributed by atoms with E-state index in [2.05, 4.69) is 75.2 Å². The highest BCUT2D eigenvalue weighted by Gasteiger charge is 2.54. The van der Waals surface area contributed by atoms with Crippen LogP contribution in [0.25, 0.3) is 0 Å². The zero-order valence-electron chi connectivity index (χ0n) is 19.0. The zero-order chi connectivity index (χ0) is 22.5. The third-order valence-corrected chi connectivity index (χ3v) is 11.3. The molecule has 1 aliphatic carbocycles. The minimum atomic E-state index is -2.73. The van der Waals surface area contributed by atoms with E-state index in [0.717, 1.165) is 0 Å². The topological polar surface area (TPSA) is 47.9 Å². The second-order valence-corrected chi connectivity index (χ2v) is 13.7. The molecular formula is C26H34O4Si. The van der Waals surface area contributed by atoms with E-state index in [0.29, 0.717) is 19.4 Å². The lowest BCUT2D eigenvalue weighted by Crippen LogP contribution is -2.67. The second-order valence-electron chi connectivity index (χ2n) is 9.41. The first-order valence-corrected chi connectivity index (χ1v) is 12.7. The molecule has 1 N–H and O–H groups in total. The summed E-state index contributed by atoms with van der Waals surface area (Å²) in [6.07, 6.45) is 6.17. The average Bonchev–Trinajstić information content (AvgIpc) is 3.09. The number of rotatable bonds is 8. The number of benzene rings is 2. The molecule has 2 aromatic carbocycles. The predicted molar refractivity (Wildman–Crippen MR) is 127 cm³/mol. The lowest BCUT2D eigenvalue weighted by atomic mass is 9.86. The van der Waals surface area contributed by atoms with Gasteiger partial charge in [-0.2, -0.15) is 0 Å². The molecule has 1 saturated carbocycles. The Hall–Kier alpha value is -1.94. The van der Waals surface area contributed by atoms with E-state index in [4.69, 9.17) is 20.3 Å². The summed E-state index contributed by atoms with van der Waals surface area (Å²) in [7, 11) is -1.14. The molecule has 1 fully saturated rings. The fourth-order valence-electron chi connectivity index (χ4n) is 4.83. The first kappa shape index (κ1) is 23.7. The standard InChI is InChI=1S/C26H34O4Si/c1-6-26(18-21(27)17-24(26)29-20-28-5)19-30-31(25(2,3)4,22-13-9-7-10-14-22)23-15-11-8-12-16-23/h1,7-16,21,24,27H,17-20H2,2-5H3/t21-,24+,26-/m0/s1. The molecule has 0 saturated heterocycles. The van der Waals surface area contributed by atoms with Crippen LogP contribution in [0.15, 0.2) is 60.7 Å². The molecule has 0 spiro atoms. The van der Waals surface area contributed by atoms with Crippen LogP contribution in [0.5, 0.6) is 0 Å². The van der Waals surface area contributed by atoms with E-state index >= 15 is 0 Å². The van der Waals surface area contributed by atoms with Crippen molar-refractivity contribution in [3.8, 4) is 12.3 Å². The third kappa shape index (κ3) is 4.64. The van der Waals surface area contributed by atoms with E-state index in [9.17, 15) is 5.11 Å². The van der Waals surface area contributed by atoms with Crippen molar-refractivity contribution < 1.29 is 19.0 Å². The van der Waals surface area contributed by atoms with Gasteiger partial charge in [0.25, 0.3) is 8.32 Å². The van der Waals surface area contributed by atoms with Crippen LogP contribution in [-0.2, 0) is 13.9 Å². The van der Waals surface area contributed by atoms with Crippen molar-refractivity contribution in [3.05, 3.63) is 60.7 Å². The maximum atomic E-state index is 10.4. The molecule has 5 heteroatoms. The molecule has 3 rings (SSSR count). The van der Waals surface area contributed by atoms with Crippen LogP contribution in [0, 0.1) is 17.8 Å². The summed E-state index contributed by atoms with van der Waals surface area (Å²) < 4.78 is 18.1. The van der Waals surface area contributed by atoms with Crippen LogP contribution in [0.3, 0.4) is 0 Å². The van der Waals surface area contributed by atoms with Crippen LogP contribution in [-0.4, -0.2) is 46.1 Å². The van der Waals surface area contributed by atoms with Gasteiger partial charge in [0.05, 0.1) is 24.2 Å². The highest BCUT2D eigenvalue weighted by molar-refractivity contribution is 6.99. The van der Waals surface area contributed by atoms with Crippen molar-refractivity contribution in [2.45, 2.75) is 50.9 Å². The second kappa shape index (κ2) is 9.68. The summed E-state index contributed by atoms with van der Waals surface area (Å²) in [5.41, 5.74) is -0.703. The molecule has 3 atom stereocenters. The molecule has 0 amide bonds. The maximum Gasteiger partial charge on any atom is 0.261 e. The van der Waals surface area contributed by atoms with Gasteiger partial charge in [-0.1, -0.05) is 87.4 Å². The van der Waals surface area contributed by atoms with Gasteiger partial charge in [-0.15, -0.1) is 6.42 Å². The molecule has 31 heavy (non-hydrogen) atoms. The van der Waals surface area contributed by atoms with Gasteiger partial charge in [0.1, 0.15) is 6.79 Å². The van der Waals surface area contributed by atoms with Crippen LogP contribution >= 0.6 is 0 Å². The molecule has 166 valence electrons. The number of hydrogen-bond donors (Lipinski definition) is 1. The fraction of sp³-hybridized carbons (Fsp3) is 0.462. The van der Waals surface area contributed by atoms with Gasteiger partial charge < -0.3 is 19.0 Å². The van der Waals surface area contributed by atoms with Gasteiger partial charge in [0.2, 0.25) is 0 Å². The molecule has 0 unspecified atom stereocenters. The smallest absolute Gasteiger partial charge is 0.261 e. The lowest BCUT2D eigenvalue weighted by Gasteiger charge is -2.45. The largest absolute Gasteiger partial charge is 0.406 e. The number of terminal acetylenes is 1. The number of aliphatic hydroxyl groups excluding tert-OH is 1. The van der Waals surface area contributed by atoms with Crippen LogP contribution in [0.1, 0.15) is 33.6 Å². The predicted octanol–water partition coefficient (Wildman–Crippen LogP) is 3.33. The molecule has 0 aromatic heterocycles. The summed E-state index contributed by atoms with van der Waals surface area (Å²) in [5, 5.41) is 12.7. The summed E-state index contributed by atoms with van der Waals surface area (Å²) in [4.78, 5) is 0. The number of aliphatic hydroxyl groups is 1. The SMILES string of the molecule is C#C[C@@]1(CO[Si](c2ccccc2)(c2ccccc2)C(C)(C)C)C[C@@H](O)C[C@H]1OCOC. The Bertz CT molecular complexity index is 832. The van der Waals surface area contributed by atoms with Crippen molar-refractivity contribution in [3.63, 3.8) is 0 Å². The third-order valence-electron chi connectivity index (χ3n) is 6.34. The highest BCUT2D eigenvalue weighted by Crippen LogP contribution is 2.43. The Kier molecular flexibility index (Phi) is 7.41. The van der Waals surface area contributed by atoms with Crippen molar-refractivity contribution in [2.24, 2.45) is 5.41 Å². The zero-order valence-corrected chi connectivity index (χ0v) is 20.0. The first-order valence-electron chi connectivity index (χ1n) is 10.8. The van der Waals surface area contributed by atoms with Gasteiger partial charge in [-0.25, -0.2) is 0 Å². The van der Waals surface area contributed by atoms with Crippen molar-refractivity contribution in [1.29, 1.82) is 0 Å². The molecule has 1 aliphatic rings. The van der Waals surface area contributed by atoms with Gasteiger partial charge in [0.15, 0.2) is 0 Å². The van der Waals surface area contributed by atoms with E-state index in [1.807, 2.05) is 12.1 Å². The van der Waals surface area contributed by atoms with E-state index < -0.39 is 19.8 Å². The monoisotopic (exact) mass is 438 g/mol. The average molecular weight is 439 g/mol. The van der Waals surface area contributed by atoms with Crippen LogP contribution in [0.2, 0.25) is 5.04 Å². The minimum Gasteiger partial charge on any atom is -0.406 e. The molecule has 0 heterocycles. The Morgan fingerprint density at radius 3 is 2.06 bits per heavy atom. The summed E-state index contributed by atoms with van der Waals surface area (Å²) >= 11 is 0. The number of methoxy groups -OCH3 is 1. The quantitative estimate of drug-likeness (QED) is 0.390. The summed E-state index contributed by atoms with van der Waals surface area (Å²) in [6.45, 7) is 7.18. The minimum absolute atomic E-state index is 0.139. The Morgan fingerprint density at radius 2 is 1.61 bits per heavy atom. The summed E-state index contributed by atoms with van der Waals surface area (Å²) in [5.74, 6) is 2.95. The maximum absolute atomic E-state index is 10.4. The van der Waals surface area contributed by atoms with Crippen molar-refractivity contribution in [2.75, 3.05) is 20.5 Å². The molecule has 0 aliphatic heterocycles. The van der Waals surface area contributed by atoms with Crippen molar-refractivity contribution in [1.82, 2.24) is 0 Å². The van der Waals surface area contributed by atoms with Crippen LogP contribution in [0.4, 0.5) is 0 Å². The Morgan fingerprint density at radius 1 is 1.06 bits per heavy atom. The molecular weight excluding hydrogens is 404 g/mol. The highest BCUT2D eigenvalue weighted by atomic mass is 28.4. The fourth-order valence-corrected chi connectivity index (χ4v) is 9.46. The molecule has 0 bridgehead atoms. The molecule has 0 radical (unpaired) electrons. The molecule has 4 nitrogen and oxygen atoms in total. The first-order chi connectivity index (χ1) is 14.8. The van der Waals surface area contributed by atoms with Crippen LogP contribution < -0.4 is 10.4 Å². The number of ether oxygens (including phenoxy) is 2. The molecule has 2 aromatic rings. The lowest BCUT2D eigenvalue weighted by molar-refractivity contribution is -0.103. The van der Waals surface area contributed by atoms with E-state index in [-0.39, 0.29) is 17.9 Å².